The number of benzene rings is 3. The molecule has 0 saturated heterocycles. The van der Waals surface area contributed by atoms with Crippen LogP contribution in [0.2, 0.25) is 0 Å². The Morgan fingerprint density at radius 1 is 1.05 bits per heavy atom. The molecule has 3 aromatic carbocycles. The third-order valence-corrected chi connectivity index (χ3v) is 5.73. The van der Waals surface area contributed by atoms with Crippen LogP contribution in [-0.4, -0.2) is 30.1 Å². The van der Waals surface area contributed by atoms with Crippen molar-refractivity contribution in [2.75, 3.05) is 23.8 Å². The average molecular weight is 564 g/mol. The van der Waals surface area contributed by atoms with E-state index < -0.39 is 5.91 Å². The molecule has 9 heteroatoms. The highest BCUT2D eigenvalue weighted by Crippen LogP contribution is 2.37. The fourth-order valence-electron chi connectivity index (χ4n) is 3.41. The van der Waals surface area contributed by atoms with Gasteiger partial charge < -0.3 is 25.2 Å². The molecule has 3 N–H and O–H groups in total. The van der Waals surface area contributed by atoms with E-state index in [1.54, 1.807) is 19.1 Å². The number of aryl methyl sites for hydroxylation is 2. The molecule has 0 radical (unpaired) electrons. The van der Waals surface area contributed by atoms with Crippen LogP contribution in [0.25, 0.3) is 6.08 Å². The summed E-state index contributed by atoms with van der Waals surface area (Å²) >= 11 is 3.44. The van der Waals surface area contributed by atoms with Crippen molar-refractivity contribution < 1.29 is 24.2 Å². The second kappa shape index (κ2) is 12.6. The number of hydrogen-bond acceptors (Lipinski definition) is 6. The summed E-state index contributed by atoms with van der Waals surface area (Å²) < 4.78 is 12.0. The maximum atomic E-state index is 12.6. The molecule has 0 saturated carbocycles. The molecule has 2 amide bonds. The standard InChI is InChI=1S/C28H26BrN3O5/c1-4-36-25-14-19(12-20(15-30)28(35)31-21-6-8-22(33)9-7-21)13-23(29)27(25)37-16-26(34)32-24-10-5-17(2)11-18(24)3/h5-14,33H,4,16H2,1-3H3,(H,31,35)(H,32,34)/b20-12+. The van der Waals surface area contributed by atoms with Crippen LogP contribution in [0.4, 0.5) is 11.4 Å². The normalized spacial score (nSPS) is 10.8. The minimum absolute atomic E-state index is 0.0624. The summed E-state index contributed by atoms with van der Waals surface area (Å²) in [6.07, 6.45) is 1.42. The molecule has 0 bridgehead atoms. The van der Waals surface area contributed by atoms with Gasteiger partial charge in [0.25, 0.3) is 11.8 Å². The molecule has 3 aromatic rings. The van der Waals surface area contributed by atoms with E-state index in [1.807, 2.05) is 38.1 Å². The van der Waals surface area contributed by atoms with Crippen molar-refractivity contribution in [2.45, 2.75) is 20.8 Å². The third-order valence-electron chi connectivity index (χ3n) is 5.14. The van der Waals surface area contributed by atoms with Crippen LogP contribution in [0.1, 0.15) is 23.6 Å². The summed E-state index contributed by atoms with van der Waals surface area (Å²) in [6.45, 7) is 5.78. The van der Waals surface area contributed by atoms with E-state index in [0.29, 0.717) is 39.5 Å². The summed E-state index contributed by atoms with van der Waals surface area (Å²) in [5, 5.41) is 24.4. The number of hydrogen-bond donors (Lipinski definition) is 3. The van der Waals surface area contributed by atoms with Gasteiger partial charge in [-0.1, -0.05) is 17.7 Å². The lowest BCUT2D eigenvalue weighted by molar-refractivity contribution is -0.118. The Labute approximate surface area is 223 Å². The molecule has 3 rings (SSSR count). The second-order valence-electron chi connectivity index (χ2n) is 8.09. The largest absolute Gasteiger partial charge is 0.508 e. The molecule has 0 aliphatic rings. The van der Waals surface area contributed by atoms with Crippen LogP contribution in [-0.2, 0) is 9.59 Å². The Hall–Kier alpha value is -4.29. The van der Waals surface area contributed by atoms with Crippen LogP contribution in [0, 0.1) is 25.2 Å². The zero-order valence-electron chi connectivity index (χ0n) is 20.6. The smallest absolute Gasteiger partial charge is 0.266 e. The maximum Gasteiger partial charge on any atom is 0.266 e. The molecule has 0 spiro atoms. The number of phenolic OH excluding ortho intramolecular Hbond substituents is 1. The number of aromatic hydroxyl groups is 1. The van der Waals surface area contributed by atoms with Crippen molar-refractivity contribution in [3.05, 3.63) is 81.3 Å². The first kappa shape index (κ1) is 27.3. The van der Waals surface area contributed by atoms with Gasteiger partial charge in [0, 0.05) is 11.4 Å². The Morgan fingerprint density at radius 3 is 2.43 bits per heavy atom. The number of ether oxygens (including phenoxy) is 2. The van der Waals surface area contributed by atoms with Gasteiger partial charge in [-0.2, -0.15) is 5.26 Å². The number of halogens is 1. The second-order valence-corrected chi connectivity index (χ2v) is 8.94. The van der Waals surface area contributed by atoms with Crippen LogP contribution >= 0.6 is 15.9 Å². The molecular weight excluding hydrogens is 538 g/mol. The van der Waals surface area contributed by atoms with E-state index in [2.05, 4.69) is 26.6 Å². The highest BCUT2D eigenvalue weighted by molar-refractivity contribution is 9.10. The summed E-state index contributed by atoms with van der Waals surface area (Å²) in [5.41, 5.74) is 3.57. The lowest BCUT2D eigenvalue weighted by atomic mass is 10.1. The summed E-state index contributed by atoms with van der Waals surface area (Å²) in [5.74, 6) is -0.207. The minimum atomic E-state index is -0.606. The maximum absolute atomic E-state index is 12.6. The van der Waals surface area contributed by atoms with Crippen LogP contribution in [0.5, 0.6) is 17.2 Å². The van der Waals surface area contributed by atoms with Gasteiger partial charge in [-0.3, -0.25) is 9.59 Å². The van der Waals surface area contributed by atoms with Gasteiger partial charge in [-0.25, -0.2) is 0 Å². The van der Waals surface area contributed by atoms with E-state index in [1.165, 1.54) is 30.3 Å². The average Bonchev–Trinajstić information content (AvgIpc) is 2.85. The van der Waals surface area contributed by atoms with E-state index in [0.717, 1.165) is 11.1 Å². The van der Waals surface area contributed by atoms with Crippen LogP contribution in [0.3, 0.4) is 0 Å². The molecule has 190 valence electrons. The molecular formula is C28H26BrN3O5. The number of nitrogens with zero attached hydrogens (tertiary/aromatic N) is 1. The number of nitrogens with one attached hydrogen (secondary N) is 2. The topological polar surface area (TPSA) is 121 Å². The Morgan fingerprint density at radius 2 is 1.78 bits per heavy atom. The quantitative estimate of drug-likeness (QED) is 0.173. The predicted octanol–water partition coefficient (Wildman–Crippen LogP) is 5.73. The lowest BCUT2D eigenvalue weighted by Crippen LogP contribution is -2.21. The van der Waals surface area contributed by atoms with Gasteiger partial charge in [-0.05, 0) is 96.4 Å². The summed E-state index contributed by atoms with van der Waals surface area (Å²) in [6, 6.07) is 16.8. The van der Waals surface area contributed by atoms with Crippen molar-refractivity contribution >= 4 is 45.2 Å². The van der Waals surface area contributed by atoms with Crippen molar-refractivity contribution in [1.29, 1.82) is 5.26 Å². The molecule has 37 heavy (non-hydrogen) atoms. The number of rotatable bonds is 9. The van der Waals surface area contributed by atoms with E-state index in [4.69, 9.17) is 9.47 Å². The zero-order chi connectivity index (χ0) is 26.9. The SMILES string of the molecule is CCOc1cc(/C=C(\C#N)C(=O)Nc2ccc(O)cc2)cc(Br)c1OCC(=O)Nc1ccc(C)cc1C. The molecule has 0 fully saturated rings. The van der Waals surface area contributed by atoms with Crippen molar-refractivity contribution in [3.8, 4) is 23.3 Å². The van der Waals surface area contributed by atoms with E-state index in [9.17, 15) is 20.0 Å². The Bertz CT molecular complexity index is 1380. The van der Waals surface area contributed by atoms with Gasteiger partial charge in [-0.15, -0.1) is 0 Å². The van der Waals surface area contributed by atoms with Gasteiger partial charge in [0.15, 0.2) is 18.1 Å². The molecule has 0 heterocycles. The fourth-order valence-corrected chi connectivity index (χ4v) is 3.98. The van der Waals surface area contributed by atoms with Crippen molar-refractivity contribution in [1.82, 2.24) is 0 Å². The first-order valence-electron chi connectivity index (χ1n) is 11.4. The third kappa shape index (κ3) is 7.59. The molecule has 0 aliphatic carbocycles. The number of nitriles is 1. The molecule has 0 atom stereocenters. The number of carbonyl (C=O) groups is 2. The number of amides is 2. The fraction of sp³-hybridized carbons (Fsp3) is 0.179. The van der Waals surface area contributed by atoms with Crippen molar-refractivity contribution in [3.63, 3.8) is 0 Å². The molecule has 0 aliphatic heterocycles. The number of phenols is 1. The monoisotopic (exact) mass is 563 g/mol. The van der Waals surface area contributed by atoms with Crippen molar-refractivity contribution in [2.24, 2.45) is 0 Å². The number of carbonyl (C=O) groups excluding carboxylic acids is 2. The lowest BCUT2D eigenvalue weighted by Gasteiger charge is -2.15. The predicted molar refractivity (Wildman–Crippen MR) is 146 cm³/mol. The highest BCUT2D eigenvalue weighted by Gasteiger charge is 2.16. The molecule has 0 unspecified atom stereocenters. The van der Waals surface area contributed by atoms with Gasteiger partial charge in [0.05, 0.1) is 11.1 Å². The van der Waals surface area contributed by atoms with E-state index in [-0.39, 0.29) is 23.8 Å². The van der Waals surface area contributed by atoms with Gasteiger partial charge in [0.1, 0.15) is 17.4 Å². The highest BCUT2D eigenvalue weighted by atomic mass is 79.9. The van der Waals surface area contributed by atoms with Crippen LogP contribution in [0.15, 0.2) is 64.6 Å². The van der Waals surface area contributed by atoms with E-state index >= 15 is 0 Å². The summed E-state index contributed by atoms with van der Waals surface area (Å²) in [7, 11) is 0. The van der Waals surface area contributed by atoms with Gasteiger partial charge in [0.2, 0.25) is 0 Å². The first-order valence-corrected chi connectivity index (χ1v) is 12.2. The summed E-state index contributed by atoms with van der Waals surface area (Å²) in [4.78, 5) is 25.1. The Balaban J connectivity index is 1.77. The molecule has 8 nitrogen and oxygen atoms in total. The molecule has 0 aromatic heterocycles. The van der Waals surface area contributed by atoms with Crippen LogP contribution < -0.4 is 20.1 Å². The minimum Gasteiger partial charge on any atom is -0.508 e. The van der Waals surface area contributed by atoms with Gasteiger partial charge >= 0.3 is 0 Å². The number of anilines is 2. The zero-order valence-corrected chi connectivity index (χ0v) is 22.2. The first-order chi connectivity index (χ1) is 17.7. The Kier molecular flexibility index (Phi) is 9.30.